The minimum Gasteiger partial charge on any atom is -0.382 e. The normalized spacial score (nSPS) is 24.9. The van der Waals surface area contributed by atoms with Gasteiger partial charge in [-0.15, -0.1) is 24.8 Å². The Morgan fingerprint density at radius 2 is 1.50 bits per heavy atom. The first-order valence-corrected chi connectivity index (χ1v) is 9.06. The van der Waals surface area contributed by atoms with Crippen molar-refractivity contribution >= 4 is 30.5 Å². The van der Waals surface area contributed by atoms with Gasteiger partial charge in [0.25, 0.3) is 0 Å². The highest BCUT2D eigenvalue weighted by Crippen LogP contribution is 2.37. The molecular weight excluding hydrogens is 370 g/mol. The number of fused-ring (bicyclic) bond motifs is 2. The van der Waals surface area contributed by atoms with Gasteiger partial charge in [-0.05, 0) is 54.5 Å². The average Bonchev–Trinajstić information content (AvgIpc) is 2.58. The number of likely N-dealkylation sites (tertiary alicyclic amines) is 1. The van der Waals surface area contributed by atoms with Crippen LogP contribution in [0.1, 0.15) is 24.8 Å². The molecule has 0 amide bonds. The van der Waals surface area contributed by atoms with E-state index in [1.54, 1.807) is 12.1 Å². The van der Waals surface area contributed by atoms with Crippen molar-refractivity contribution in [1.82, 2.24) is 4.90 Å². The Balaban J connectivity index is 0.00000121. The van der Waals surface area contributed by atoms with Gasteiger partial charge in [0.2, 0.25) is 0 Å². The second-order valence-corrected chi connectivity index (χ2v) is 7.31. The second kappa shape index (κ2) is 9.59. The van der Waals surface area contributed by atoms with E-state index in [-0.39, 0.29) is 30.6 Å². The van der Waals surface area contributed by atoms with E-state index in [9.17, 15) is 4.39 Å². The molecule has 2 aliphatic rings. The van der Waals surface area contributed by atoms with Gasteiger partial charge in [0, 0.05) is 31.4 Å². The number of benzene rings is 2. The molecule has 2 atom stereocenters. The molecule has 2 aromatic carbocycles. The number of anilines is 1. The van der Waals surface area contributed by atoms with Gasteiger partial charge < -0.3 is 5.32 Å². The van der Waals surface area contributed by atoms with E-state index in [1.165, 1.54) is 24.8 Å². The topological polar surface area (TPSA) is 15.3 Å². The molecule has 142 valence electrons. The number of nitrogens with zero attached hydrogens (tertiary/aromatic N) is 1. The van der Waals surface area contributed by atoms with Gasteiger partial charge in [0.05, 0.1) is 0 Å². The quantitative estimate of drug-likeness (QED) is 0.745. The number of nitrogens with one attached hydrogen (secondary N) is 1. The second-order valence-electron chi connectivity index (χ2n) is 7.31. The standard InChI is InChI=1S/C21H25FN2.2ClH/c22-19-9-11-20(12-10-19)23-21-17-7-4-8-18(21)15-24(14-17)13-16-5-2-1-3-6-16;;/h1-3,5-6,9-12,17-18,21,23H,4,7-8,13-15H2;2*1H. The van der Waals surface area contributed by atoms with E-state index in [2.05, 4.69) is 40.5 Å². The lowest BCUT2D eigenvalue weighted by atomic mass is 9.73. The molecule has 2 aromatic rings. The Labute approximate surface area is 168 Å². The first-order valence-electron chi connectivity index (χ1n) is 9.06. The molecule has 1 saturated carbocycles. The van der Waals surface area contributed by atoms with Gasteiger partial charge in [-0.25, -0.2) is 4.39 Å². The van der Waals surface area contributed by atoms with Crippen molar-refractivity contribution in [1.29, 1.82) is 0 Å². The van der Waals surface area contributed by atoms with Crippen LogP contribution in [-0.2, 0) is 6.54 Å². The van der Waals surface area contributed by atoms with E-state index in [4.69, 9.17) is 0 Å². The van der Waals surface area contributed by atoms with Crippen LogP contribution in [0.5, 0.6) is 0 Å². The third kappa shape index (κ3) is 4.91. The van der Waals surface area contributed by atoms with Crippen molar-refractivity contribution in [3.8, 4) is 0 Å². The Morgan fingerprint density at radius 1 is 0.885 bits per heavy atom. The molecule has 4 rings (SSSR count). The minimum atomic E-state index is -0.168. The van der Waals surface area contributed by atoms with Gasteiger partial charge in [-0.2, -0.15) is 0 Å². The molecule has 0 radical (unpaired) electrons. The maximum atomic E-state index is 13.1. The summed E-state index contributed by atoms with van der Waals surface area (Å²) in [6.45, 7) is 3.37. The molecule has 1 N–H and O–H groups in total. The van der Waals surface area contributed by atoms with Crippen LogP contribution in [0.4, 0.5) is 10.1 Å². The van der Waals surface area contributed by atoms with Crippen molar-refractivity contribution < 1.29 is 4.39 Å². The van der Waals surface area contributed by atoms with Crippen LogP contribution < -0.4 is 5.32 Å². The fourth-order valence-corrected chi connectivity index (χ4v) is 4.48. The molecule has 2 nitrogen and oxygen atoms in total. The van der Waals surface area contributed by atoms with Crippen LogP contribution in [0, 0.1) is 17.7 Å². The van der Waals surface area contributed by atoms with Gasteiger partial charge in [0.15, 0.2) is 0 Å². The monoisotopic (exact) mass is 396 g/mol. The lowest BCUT2D eigenvalue weighted by molar-refractivity contribution is 0.0670. The zero-order chi connectivity index (χ0) is 16.4. The highest BCUT2D eigenvalue weighted by Gasteiger charge is 2.39. The first kappa shape index (κ1) is 21.0. The lowest BCUT2D eigenvalue weighted by Gasteiger charge is -2.48. The van der Waals surface area contributed by atoms with E-state index < -0.39 is 0 Å². The molecule has 0 spiro atoms. The minimum absolute atomic E-state index is 0. The molecule has 1 aliphatic heterocycles. The van der Waals surface area contributed by atoms with Gasteiger partial charge in [-0.1, -0.05) is 36.8 Å². The molecule has 1 saturated heterocycles. The average molecular weight is 397 g/mol. The van der Waals surface area contributed by atoms with Crippen LogP contribution in [0.3, 0.4) is 0 Å². The summed E-state index contributed by atoms with van der Waals surface area (Å²) < 4.78 is 13.1. The van der Waals surface area contributed by atoms with Gasteiger partial charge in [-0.3, -0.25) is 4.90 Å². The highest BCUT2D eigenvalue weighted by molar-refractivity contribution is 5.85. The Kier molecular flexibility index (Phi) is 7.75. The summed E-state index contributed by atoms with van der Waals surface area (Å²) in [6, 6.07) is 18.1. The molecule has 5 heteroatoms. The summed E-state index contributed by atoms with van der Waals surface area (Å²) in [7, 11) is 0. The summed E-state index contributed by atoms with van der Waals surface area (Å²) in [6.07, 6.45) is 3.93. The third-order valence-corrected chi connectivity index (χ3v) is 5.58. The van der Waals surface area contributed by atoms with Crippen LogP contribution in [-0.4, -0.2) is 24.0 Å². The number of piperidine rings is 1. The molecular formula is C21H27Cl2FN2. The van der Waals surface area contributed by atoms with Crippen molar-refractivity contribution in [2.24, 2.45) is 11.8 Å². The van der Waals surface area contributed by atoms with E-state index in [0.29, 0.717) is 17.9 Å². The predicted octanol–water partition coefficient (Wildman–Crippen LogP) is 5.38. The fraction of sp³-hybridized carbons (Fsp3) is 0.429. The van der Waals surface area contributed by atoms with E-state index in [0.717, 1.165) is 25.3 Å². The van der Waals surface area contributed by atoms with Gasteiger partial charge in [0.1, 0.15) is 5.82 Å². The van der Waals surface area contributed by atoms with Crippen molar-refractivity contribution in [3.63, 3.8) is 0 Å². The number of hydrogen-bond donors (Lipinski definition) is 1. The number of hydrogen-bond acceptors (Lipinski definition) is 2. The smallest absolute Gasteiger partial charge is 0.123 e. The van der Waals surface area contributed by atoms with Crippen molar-refractivity contribution in [2.45, 2.75) is 31.8 Å². The summed E-state index contributed by atoms with van der Waals surface area (Å²) in [5, 5.41) is 3.70. The van der Waals surface area contributed by atoms with Crippen LogP contribution >= 0.6 is 24.8 Å². The molecule has 1 heterocycles. The third-order valence-electron chi connectivity index (χ3n) is 5.58. The van der Waals surface area contributed by atoms with Crippen LogP contribution in [0.15, 0.2) is 54.6 Å². The SMILES string of the molecule is Cl.Cl.Fc1ccc(NC2C3CCCC2CN(Cc2ccccc2)C3)cc1. The molecule has 0 aromatic heterocycles. The number of halogens is 3. The van der Waals surface area contributed by atoms with Crippen LogP contribution in [0.2, 0.25) is 0 Å². The lowest BCUT2D eigenvalue weighted by Crippen LogP contribution is -2.54. The summed E-state index contributed by atoms with van der Waals surface area (Å²) >= 11 is 0. The molecule has 2 fully saturated rings. The number of rotatable bonds is 4. The summed E-state index contributed by atoms with van der Waals surface area (Å²) in [5.74, 6) is 1.20. The molecule has 2 unspecified atom stereocenters. The first-order chi connectivity index (χ1) is 11.8. The van der Waals surface area contributed by atoms with E-state index >= 15 is 0 Å². The fourth-order valence-electron chi connectivity index (χ4n) is 4.48. The zero-order valence-corrected chi connectivity index (χ0v) is 16.4. The Bertz CT molecular complexity index is 651. The van der Waals surface area contributed by atoms with Crippen molar-refractivity contribution in [3.05, 3.63) is 66.0 Å². The summed E-state index contributed by atoms with van der Waals surface area (Å²) in [4.78, 5) is 2.62. The van der Waals surface area contributed by atoms with E-state index in [1.807, 2.05) is 12.1 Å². The molecule has 1 aliphatic carbocycles. The zero-order valence-electron chi connectivity index (χ0n) is 14.8. The Morgan fingerprint density at radius 3 is 2.12 bits per heavy atom. The summed E-state index contributed by atoms with van der Waals surface area (Å²) in [5.41, 5.74) is 2.45. The Hall–Kier alpha value is -1.29. The van der Waals surface area contributed by atoms with Crippen molar-refractivity contribution in [2.75, 3.05) is 18.4 Å². The molecule has 2 bridgehead atoms. The van der Waals surface area contributed by atoms with Gasteiger partial charge >= 0.3 is 0 Å². The van der Waals surface area contributed by atoms with Crippen LogP contribution in [0.25, 0.3) is 0 Å². The molecule has 26 heavy (non-hydrogen) atoms. The maximum Gasteiger partial charge on any atom is 0.123 e. The highest BCUT2D eigenvalue weighted by atomic mass is 35.5. The predicted molar refractivity (Wildman–Crippen MR) is 111 cm³/mol. The maximum absolute atomic E-state index is 13.1. The largest absolute Gasteiger partial charge is 0.382 e.